The van der Waals surface area contributed by atoms with E-state index in [9.17, 15) is 5.11 Å². The maximum absolute atomic E-state index is 10.2. The van der Waals surface area contributed by atoms with Gasteiger partial charge in [0.15, 0.2) is 0 Å². The zero-order chi connectivity index (χ0) is 19.4. The Labute approximate surface area is 172 Å². The van der Waals surface area contributed by atoms with Crippen LogP contribution >= 0.6 is 12.4 Å². The van der Waals surface area contributed by atoms with Crippen LogP contribution in [0.2, 0.25) is 0 Å². The molecule has 2 unspecified atom stereocenters. The predicted octanol–water partition coefficient (Wildman–Crippen LogP) is 4.62. The Hall–Kier alpha value is -0.810. The van der Waals surface area contributed by atoms with Crippen LogP contribution in [0.4, 0.5) is 0 Å². The number of hydrogen-bond acceptors (Lipinski definition) is 4. The Morgan fingerprint density at radius 3 is 2.37 bits per heavy atom. The van der Waals surface area contributed by atoms with Crippen molar-refractivity contribution in [3.63, 3.8) is 0 Å². The molecule has 0 fully saturated rings. The Kier molecular flexibility index (Phi) is 13.8. The Morgan fingerprint density at radius 1 is 1.15 bits per heavy atom. The summed E-state index contributed by atoms with van der Waals surface area (Å²) in [5.41, 5.74) is 1.33. The van der Waals surface area contributed by atoms with E-state index in [0.717, 1.165) is 44.4 Å². The first-order chi connectivity index (χ1) is 12.4. The van der Waals surface area contributed by atoms with Gasteiger partial charge in [0.2, 0.25) is 0 Å². The summed E-state index contributed by atoms with van der Waals surface area (Å²) in [5, 5.41) is 13.8. The highest BCUT2D eigenvalue weighted by atomic mass is 35.5. The van der Waals surface area contributed by atoms with Crippen molar-refractivity contribution in [1.29, 1.82) is 0 Å². The van der Waals surface area contributed by atoms with Crippen molar-refractivity contribution in [2.45, 2.75) is 71.4 Å². The molecule has 0 spiro atoms. The van der Waals surface area contributed by atoms with E-state index in [-0.39, 0.29) is 24.0 Å². The minimum absolute atomic E-state index is 0. The lowest BCUT2D eigenvalue weighted by Crippen LogP contribution is -2.42. The third-order valence-electron chi connectivity index (χ3n) is 4.89. The highest BCUT2D eigenvalue weighted by Gasteiger charge is 2.18. The molecule has 1 rings (SSSR count). The summed E-state index contributed by atoms with van der Waals surface area (Å²) < 4.78 is 10.9. The number of nitrogens with one attached hydrogen (secondary N) is 1. The number of methoxy groups -OCH3 is 1. The summed E-state index contributed by atoms with van der Waals surface area (Å²) in [6, 6.07) is 8.25. The molecule has 27 heavy (non-hydrogen) atoms. The molecule has 158 valence electrons. The fourth-order valence-corrected chi connectivity index (χ4v) is 3.30. The number of hydrogen-bond donors (Lipinski definition) is 2. The summed E-state index contributed by atoms with van der Waals surface area (Å²) in [6.45, 7) is 10.8. The second kappa shape index (κ2) is 14.2. The molecule has 0 radical (unpaired) electrons. The molecule has 0 aliphatic heterocycles. The fourth-order valence-electron chi connectivity index (χ4n) is 3.30. The summed E-state index contributed by atoms with van der Waals surface area (Å²) in [6.07, 6.45) is 4.78. The first-order valence-corrected chi connectivity index (χ1v) is 10.1. The SMILES string of the molecule is CCCC(CC)C(O)COCCCNC(C)(C)Cc1ccc(OC)cc1.Cl. The molecule has 4 nitrogen and oxygen atoms in total. The van der Waals surface area contributed by atoms with Gasteiger partial charge in [-0.25, -0.2) is 0 Å². The molecule has 0 heterocycles. The number of halogens is 1. The summed E-state index contributed by atoms with van der Waals surface area (Å²) in [4.78, 5) is 0. The normalized spacial score (nSPS) is 13.7. The minimum Gasteiger partial charge on any atom is -0.497 e. The molecule has 0 bridgehead atoms. The third-order valence-corrected chi connectivity index (χ3v) is 4.89. The van der Waals surface area contributed by atoms with Crippen LogP contribution in [-0.4, -0.2) is 43.6 Å². The zero-order valence-electron chi connectivity index (χ0n) is 17.8. The van der Waals surface area contributed by atoms with Crippen LogP contribution in [0.3, 0.4) is 0 Å². The van der Waals surface area contributed by atoms with Crippen molar-refractivity contribution in [2.24, 2.45) is 5.92 Å². The van der Waals surface area contributed by atoms with Crippen molar-refractivity contribution < 1.29 is 14.6 Å². The smallest absolute Gasteiger partial charge is 0.118 e. The van der Waals surface area contributed by atoms with Crippen molar-refractivity contribution in [1.82, 2.24) is 5.32 Å². The molecule has 0 saturated heterocycles. The number of benzene rings is 1. The van der Waals surface area contributed by atoms with Crippen LogP contribution in [0.15, 0.2) is 24.3 Å². The average Bonchev–Trinajstić information content (AvgIpc) is 2.62. The summed E-state index contributed by atoms with van der Waals surface area (Å²) >= 11 is 0. The highest BCUT2D eigenvalue weighted by molar-refractivity contribution is 5.85. The maximum Gasteiger partial charge on any atom is 0.118 e. The van der Waals surface area contributed by atoms with E-state index in [2.05, 4.69) is 45.1 Å². The molecule has 2 N–H and O–H groups in total. The van der Waals surface area contributed by atoms with Crippen molar-refractivity contribution in [3.05, 3.63) is 29.8 Å². The van der Waals surface area contributed by atoms with Gasteiger partial charge in [0.25, 0.3) is 0 Å². The van der Waals surface area contributed by atoms with Crippen LogP contribution in [0, 0.1) is 5.92 Å². The predicted molar refractivity (Wildman–Crippen MR) is 116 cm³/mol. The Bertz CT molecular complexity index is 479. The van der Waals surface area contributed by atoms with E-state index in [1.807, 2.05) is 12.1 Å². The van der Waals surface area contributed by atoms with Gasteiger partial charge in [-0.3, -0.25) is 0 Å². The monoisotopic (exact) mass is 401 g/mol. The van der Waals surface area contributed by atoms with Gasteiger partial charge in [-0.1, -0.05) is 38.8 Å². The van der Waals surface area contributed by atoms with Gasteiger partial charge in [0.1, 0.15) is 5.75 Å². The molecule has 0 saturated carbocycles. The van der Waals surface area contributed by atoms with Crippen molar-refractivity contribution >= 4 is 12.4 Å². The average molecular weight is 402 g/mol. The third kappa shape index (κ3) is 10.9. The lowest BCUT2D eigenvalue weighted by Gasteiger charge is -2.27. The minimum atomic E-state index is -0.334. The van der Waals surface area contributed by atoms with Crippen LogP contribution in [0.25, 0.3) is 0 Å². The van der Waals surface area contributed by atoms with Crippen LogP contribution < -0.4 is 10.1 Å². The standard InChI is InChI=1S/C22H39NO3.ClH/c1-6-9-19(7-2)21(24)17-26-15-8-14-23-22(3,4)16-18-10-12-20(25-5)13-11-18;/h10-13,19,21,23-24H,6-9,14-17H2,1-5H3;1H. The number of ether oxygens (including phenoxy) is 2. The van der Waals surface area contributed by atoms with E-state index in [1.54, 1.807) is 7.11 Å². The topological polar surface area (TPSA) is 50.7 Å². The van der Waals surface area contributed by atoms with E-state index < -0.39 is 0 Å². The number of aliphatic hydroxyl groups is 1. The quantitative estimate of drug-likeness (QED) is 0.446. The maximum atomic E-state index is 10.2. The molecule has 0 aromatic heterocycles. The second-order valence-electron chi connectivity index (χ2n) is 7.79. The highest BCUT2D eigenvalue weighted by Crippen LogP contribution is 2.17. The van der Waals surface area contributed by atoms with E-state index in [1.165, 1.54) is 5.56 Å². The first kappa shape index (κ1) is 26.2. The van der Waals surface area contributed by atoms with E-state index >= 15 is 0 Å². The van der Waals surface area contributed by atoms with E-state index in [0.29, 0.717) is 19.1 Å². The van der Waals surface area contributed by atoms with E-state index in [4.69, 9.17) is 9.47 Å². The zero-order valence-corrected chi connectivity index (χ0v) is 18.6. The van der Waals surface area contributed by atoms with Crippen LogP contribution in [-0.2, 0) is 11.2 Å². The van der Waals surface area contributed by atoms with Gasteiger partial charge >= 0.3 is 0 Å². The molecule has 0 aliphatic rings. The second-order valence-corrected chi connectivity index (χ2v) is 7.79. The molecule has 0 amide bonds. The van der Waals surface area contributed by atoms with Crippen LogP contribution in [0.1, 0.15) is 58.9 Å². The molecular weight excluding hydrogens is 362 g/mol. The van der Waals surface area contributed by atoms with Gasteiger partial charge in [0.05, 0.1) is 19.8 Å². The Balaban J connectivity index is 0.00000676. The van der Waals surface area contributed by atoms with Crippen molar-refractivity contribution in [2.75, 3.05) is 26.9 Å². The molecule has 1 aromatic carbocycles. The van der Waals surface area contributed by atoms with Gasteiger partial charge in [-0.15, -0.1) is 12.4 Å². The Morgan fingerprint density at radius 2 is 1.81 bits per heavy atom. The molecule has 0 aliphatic carbocycles. The lowest BCUT2D eigenvalue weighted by molar-refractivity contribution is 0.000478. The van der Waals surface area contributed by atoms with Gasteiger partial charge in [-0.2, -0.15) is 0 Å². The number of rotatable bonds is 14. The molecule has 1 aromatic rings. The van der Waals surface area contributed by atoms with Crippen molar-refractivity contribution in [3.8, 4) is 5.75 Å². The lowest BCUT2D eigenvalue weighted by atomic mass is 9.94. The molecule has 5 heteroatoms. The van der Waals surface area contributed by atoms with Gasteiger partial charge < -0.3 is 19.9 Å². The van der Waals surface area contributed by atoms with Gasteiger partial charge in [0, 0.05) is 12.1 Å². The van der Waals surface area contributed by atoms with Crippen LogP contribution in [0.5, 0.6) is 5.75 Å². The number of aliphatic hydroxyl groups excluding tert-OH is 1. The summed E-state index contributed by atoms with van der Waals surface area (Å²) in [5.74, 6) is 1.25. The summed E-state index contributed by atoms with van der Waals surface area (Å²) in [7, 11) is 1.69. The fraction of sp³-hybridized carbons (Fsp3) is 0.727. The first-order valence-electron chi connectivity index (χ1n) is 10.1. The van der Waals surface area contributed by atoms with Gasteiger partial charge in [-0.05, 0) is 63.3 Å². The molecule has 2 atom stereocenters. The molecular formula is C22H40ClNO3. The largest absolute Gasteiger partial charge is 0.497 e.